The predicted octanol–water partition coefficient (Wildman–Crippen LogP) is 4.55. The van der Waals surface area contributed by atoms with Crippen molar-refractivity contribution in [3.8, 4) is 0 Å². The molecule has 164 valence electrons. The number of carboxylic acids is 1. The number of aromatic carboxylic acids is 1. The van der Waals surface area contributed by atoms with Crippen molar-refractivity contribution < 1.29 is 14.7 Å². The Labute approximate surface area is 192 Å². The summed E-state index contributed by atoms with van der Waals surface area (Å²) >= 11 is 7.68. The van der Waals surface area contributed by atoms with Crippen LogP contribution in [0.15, 0.2) is 28.9 Å². The van der Waals surface area contributed by atoms with Crippen molar-refractivity contribution in [1.29, 1.82) is 0 Å². The van der Waals surface area contributed by atoms with Gasteiger partial charge in [-0.1, -0.05) is 26.8 Å². The molecule has 1 heterocycles. The van der Waals surface area contributed by atoms with E-state index in [0.29, 0.717) is 29.2 Å². The molecule has 2 aromatic rings. The van der Waals surface area contributed by atoms with E-state index in [1.54, 1.807) is 6.07 Å². The number of hydrogen-bond donors (Lipinski definition) is 3. The third-order valence-corrected chi connectivity index (χ3v) is 5.99. The van der Waals surface area contributed by atoms with Crippen molar-refractivity contribution in [3.05, 3.63) is 51.5 Å². The fraction of sp³-hybridized carbons (Fsp3) is 0.500. The molecule has 1 aromatic heterocycles. The highest BCUT2D eigenvalue weighted by Crippen LogP contribution is 2.21. The van der Waals surface area contributed by atoms with E-state index in [0.717, 1.165) is 36.3 Å². The van der Waals surface area contributed by atoms with E-state index in [1.165, 1.54) is 0 Å². The Kier molecular flexibility index (Phi) is 9.42. The van der Waals surface area contributed by atoms with E-state index in [4.69, 9.17) is 0 Å². The van der Waals surface area contributed by atoms with Gasteiger partial charge in [0, 0.05) is 29.1 Å². The Balaban J connectivity index is 2.19. The summed E-state index contributed by atoms with van der Waals surface area (Å²) in [5.41, 5.74) is 2.11. The van der Waals surface area contributed by atoms with Gasteiger partial charge in [-0.05, 0) is 52.4 Å². The average Bonchev–Trinajstić information content (AvgIpc) is 3.05. The van der Waals surface area contributed by atoms with Crippen LogP contribution < -0.4 is 5.32 Å². The summed E-state index contributed by atoms with van der Waals surface area (Å²) in [5, 5.41) is 12.3. The fourth-order valence-electron chi connectivity index (χ4n) is 3.38. The van der Waals surface area contributed by atoms with Crippen molar-refractivity contribution in [2.75, 3.05) is 5.75 Å². The predicted molar refractivity (Wildman–Crippen MR) is 125 cm³/mol. The Morgan fingerprint density at radius 2 is 2.07 bits per heavy atom. The molecule has 6 nitrogen and oxygen atoms in total. The van der Waals surface area contributed by atoms with Crippen LogP contribution in [0.4, 0.5) is 0 Å². The molecule has 0 aliphatic rings. The van der Waals surface area contributed by atoms with Crippen molar-refractivity contribution in [2.45, 2.75) is 53.1 Å². The van der Waals surface area contributed by atoms with Gasteiger partial charge < -0.3 is 15.0 Å². The van der Waals surface area contributed by atoms with Crippen molar-refractivity contribution in [2.24, 2.45) is 11.8 Å². The van der Waals surface area contributed by atoms with Crippen LogP contribution in [0.5, 0.6) is 0 Å². The van der Waals surface area contributed by atoms with Gasteiger partial charge in [0.05, 0.1) is 24.0 Å². The van der Waals surface area contributed by atoms with E-state index in [-0.39, 0.29) is 17.4 Å². The monoisotopic (exact) mass is 495 g/mol. The van der Waals surface area contributed by atoms with E-state index >= 15 is 0 Å². The minimum Gasteiger partial charge on any atom is -0.478 e. The molecular formula is C22H30BrN3O3S. The normalized spacial score (nSPS) is 12.2. The maximum Gasteiger partial charge on any atom is 0.336 e. The SMILES string of the molecule is CCCc1ncc(CNC(=O)[C@@H](CS)CC(C)C)n1Cc1ccc(C(=O)O)c(Br)c1. The molecule has 2 N–H and O–H groups in total. The number of carbonyl (C=O) groups is 2. The summed E-state index contributed by atoms with van der Waals surface area (Å²) < 4.78 is 2.65. The largest absolute Gasteiger partial charge is 0.478 e. The lowest BCUT2D eigenvalue weighted by molar-refractivity contribution is -0.124. The zero-order valence-electron chi connectivity index (χ0n) is 17.7. The van der Waals surface area contributed by atoms with Crippen LogP contribution in [0, 0.1) is 11.8 Å². The van der Waals surface area contributed by atoms with Gasteiger partial charge in [0.1, 0.15) is 5.82 Å². The lowest BCUT2D eigenvalue weighted by Gasteiger charge is -2.18. The van der Waals surface area contributed by atoms with Gasteiger partial charge >= 0.3 is 5.97 Å². The van der Waals surface area contributed by atoms with Gasteiger partial charge in [-0.25, -0.2) is 9.78 Å². The molecular weight excluding hydrogens is 466 g/mol. The van der Waals surface area contributed by atoms with Gasteiger partial charge in [0.2, 0.25) is 5.91 Å². The topological polar surface area (TPSA) is 84.2 Å². The summed E-state index contributed by atoms with van der Waals surface area (Å²) in [6, 6.07) is 5.23. The number of aryl methyl sites for hydroxylation is 1. The molecule has 0 saturated heterocycles. The number of nitrogens with one attached hydrogen (secondary N) is 1. The molecule has 0 spiro atoms. The van der Waals surface area contributed by atoms with Gasteiger partial charge in [0.15, 0.2) is 0 Å². The van der Waals surface area contributed by atoms with Gasteiger partial charge in [-0.15, -0.1) is 0 Å². The first-order valence-electron chi connectivity index (χ1n) is 10.2. The summed E-state index contributed by atoms with van der Waals surface area (Å²) in [4.78, 5) is 28.4. The second-order valence-electron chi connectivity index (χ2n) is 7.85. The fourth-order valence-corrected chi connectivity index (χ4v) is 4.29. The molecule has 0 fully saturated rings. The standard InChI is InChI=1S/C22H30BrN3O3S/c1-4-5-20-24-10-17(11-25-21(27)16(13-30)8-14(2)3)26(20)12-15-6-7-18(22(28)29)19(23)9-15/h6-7,9-10,14,16,30H,4-5,8,11-13H2,1-3H3,(H,25,27)(H,28,29)/t16-/m1/s1. The first-order chi connectivity index (χ1) is 14.3. The molecule has 1 amide bonds. The highest BCUT2D eigenvalue weighted by atomic mass is 79.9. The minimum absolute atomic E-state index is 0.0112. The zero-order valence-corrected chi connectivity index (χ0v) is 20.2. The highest BCUT2D eigenvalue weighted by Gasteiger charge is 2.19. The number of imidazole rings is 1. The molecule has 2 rings (SSSR count). The first kappa shape index (κ1) is 24.5. The average molecular weight is 496 g/mol. The number of thiol groups is 1. The second kappa shape index (κ2) is 11.6. The number of nitrogens with zero attached hydrogens (tertiary/aromatic N) is 2. The van der Waals surface area contributed by atoms with E-state index in [1.807, 2.05) is 18.3 Å². The number of hydrogen-bond acceptors (Lipinski definition) is 4. The first-order valence-corrected chi connectivity index (χ1v) is 11.6. The lowest BCUT2D eigenvalue weighted by atomic mass is 9.98. The minimum atomic E-state index is -0.966. The summed E-state index contributed by atoms with van der Waals surface area (Å²) in [6.07, 6.45) is 4.40. The maximum atomic E-state index is 12.6. The number of halogens is 1. The van der Waals surface area contributed by atoms with Crippen LogP contribution in [0.3, 0.4) is 0 Å². The van der Waals surface area contributed by atoms with Crippen LogP contribution in [-0.2, 0) is 24.3 Å². The molecule has 0 unspecified atom stereocenters. The van der Waals surface area contributed by atoms with Crippen LogP contribution in [0.2, 0.25) is 0 Å². The summed E-state index contributed by atoms with van der Waals surface area (Å²) in [5.74, 6) is 0.839. The summed E-state index contributed by atoms with van der Waals surface area (Å²) in [6.45, 7) is 7.25. The van der Waals surface area contributed by atoms with Gasteiger partial charge in [-0.3, -0.25) is 4.79 Å². The zero-order chi connectivity index (χ0) is 22.3. The molecule has 0 aliphatic carbocycles. The maximum absolute atomic E-state index is 12.6. The Hall–Kier alpha value is -1.80. The number of carboxylic acid groups (broad SMARTS) is 1. The van der Waals surface area contributed by atoms with E-state index < -0.39 is 5.97 Å². The molecule has 0 aliphatic heterocycles. The van der Waals surface area contributed by atoms with Crippen LogP contribution in [0.1, 0.15) is 61.1 Å². The Bertz CT molecular complexity index is 883. The Morgan fingerprint density at radius 3 is 2.63 bits per heavy atom. The number of carbonyl (C=O) groups excluding carboxylic acids is 1. The van der Waals surface area contributed by atoms with Crippen molar-refractivity contribution >= 4 is 40.4 Å². The van der Waals surface area contributed by atoms with Crippen molar-refractivity contribution in [1.82, 2.24) is 14.9 Å². The molecule has 0 bridgehead atoms. The number of rotatable bonds is 11. The molecule has 1 atom stereocenters. The third-order valence-electron chi connectivity index (χ3n) is 4.89. The third kappa shape index (κ3) is 6.60. The van der Waals surface area contributed by atoms with Crippen LogP contribution in [-0.4, -0.2) is 32.3 Å². The number of amides is 1. The quantitative estimate of drug-likeness (QED) is 0.399. The number of benzene rings is 1. The number of aromatic nitrogens is 2. The lowest BCUT2D eigenvalue weighted by Crippen LogP contribution is -2.32. The Morgan fingerprint density at radius 1 is 1.33 bits per heavy atom. The molecule has 0 radical (unpaired) electrons. The van der Waals surface area contributed by atoms with Crippen LogP contribution in [0.25, 0.3) is 0 Å². The molecule has 0 saturated carbocycles. The smallest absolute Gasteiger partial charge is 0.336 e. The second-order valence-corrected chi connectivity index (χ2v) is 9.07. The van der Waals surface area contributed by atoms with Crippen LogP contribution >= 0.6 is 28.6 Å². The van der Waals surface area contributed by atoms with Gasteiger partial charge in [-0.2, -0.15) is 12.6 Å². The molecule has 30 heavy (non-hydrogen) atoms. The molecule has 8 heteroatoms. The van der Waals surface area contributed by atoms with Gasteiger partial charge in [0.25, 0.3) is 0 Å². The highest BCUT2D eigenvalue weighted by molar-refractivity contribution is 9.10. The summed E-state index contributed by atoms with van der Waals surface area (Å²) in [7, 11) is 0. The molecule has 1 aromatic carbocycles. The van der Waals surface area contributed by atoms with Crippen molar-refractivity contribution in [3.63, 3.8) is 0 Å². The van der Waals surface area contributed by atoms with E-state index in [2.05, 4.69) is 64.2 Å². The van der Waals surface area contributed by atoms with E-state index in [9.17, 15) is 14.7 Å².